The van der Waals surface area contributed by atoms with Crippen LogP contribution in [-0.2, 0) is 4.79 Å². The zero-order chi connectivity index (χ0) is 16.8. The molecule has 122 valence electrons. The fraction of sp³-hybridized carbons (Fsp3) is 0.278. The molecule has 0 aliphatic heterocycles. The minimum absolute atomic E-state index is 0.0778. The predicted octanol–water partition coefficient (Wildman–Crippen LogP) is 5.09. The summed E-state index contributed by atoms with van der Waals surface area (Å²) in [4.78, 5) is 12.2. The molecule has 0 bridgehead atoms. The Labute approximate surface area is 150 Å². The molecule has 2 aromatic carbocycles. The quantitative estimate of drug-likeness (QED) is 0.715. The largest absolute Gasteiger partial charge is 0.325 e. The first-order valence-electron chi connectivity index (χ1n) is 7.55. The lowest BCUT2D eigenvalue weighted by Gasteiger charge is -2.18. The van der Waals surface area contributed by atoms with Gasteiger partial charge in [0.15, 0.2) is 0 Å². The van der Waals surface area contributed by atoms with E-state index in [9.17, 15) is 4.79 Å². The van der Waals surface area contributed by atoms with Gasteiger partial charge >= 0.3 is 0 Å². The zero-order valence-electron chi connectivity index (χ0n) is 13.2. The van der Waals surface area contributed by atoms with Gasteiger partial charge in [0.2, 0.25) is 5.91 Å². The molecule has 0 radical (unpaired) electrons. The van der Waals surface area contributed by atoms with E-state index in [-0.39, 0.29) is 18.5 Å². The normalized spacial score (nSPS) is 12.0. The van der Waals surface area contributed by atoms with Crippen LogP contribution in [0.15, 0.2) is 46.9 Å². The molecular weight excluding hydrogens is 376 g/mol. The van der Waals surface area contributed by atoms with Gasteiger partial charge in [-0.25, -0.2) is 0 Å². The fourth-order valence-corrected chi connectivity index (χ4v) is 2.79. The number of benzene rings is 2. The minimum Gasteiger partial charge on any atom is -0.325 e. The summed E-state index contributed by atoms with van der Waals surface area (Å²) in [7, 11) is 0. The van der Waals surface area contributed by atoms with Crippen LogP contribution in [0.3, 0.4) is 0 Å². The summed E-state index contributed by atoms with van der Waals surface area (Å²) in [6.07, 6.45) is 0.908. The second-order valence-electron chi connectivity index (χ2n) is 5.35. The summed E-state index contributed by atoms with van der Waals surface area (Å²) in [5.41, 5.74) is 2.80. The third kappa shape index (κ3) is 5.06. The third-order valence-corrected chi connectivity index (χ3v) is 4.67. The smallest absolute Gasteiger partial charge is 0.238 e. The van der Waals surface area contributed by atoms with E-state index >= 15 is 0 Å². The van der Waals surface area contributed by atoms with Gasteiger partial charge in [-0.2, -0.15) is 0 Å². The summed E-state index contributed by atoms with van der Waals surface area (Å²) in [5.74, 6) is -0.0778. The summed E-state index contributed by atoms with van der Waals surface area (Å²) in [5, 5.41) is 6.85. The Morgan fingerprint density at radius 1 is 1.22 bits per heavy atom. The van der Waals surface area contributed by atoms with Crippen molar-refractivity contribution in [1.82, 2.24) is 5.32 Å². The highest BCUT2D eigenvalue weighted by molar-refractivity contribution is 9.10. The maximum atomic E-state index is 12.2. The molecule has 0 unspecified atom stereocenters. The lowest BCUT2D eigenvalue weighted by Crippen LogP contribution is -2.31. The van der Waals surface area contributed by atoms with Crippen LogP contribution in [0.1, 0.15) is 30.5 Å². The van der Waals surface area contributed by atoms with Crippen LogP contribution in [0.2, 0.25) is 5.02 Å². The van der Waals surface area contributed by atoms with E-state index in [0.717, 1.165) is 22.1 Å². The van der Waals surface area contributed by atoms with Gasteiger partial charge in [-0.1, -0.05) is 52.7 Å². The van der Waals surface area contributed by atoms with E-state index in [1.54, 1.807) is 0 Å². The number of hydrogen-bond acceptors (Lipinski definition) is 2. The third-order valence-electron chi connectivity index (χ3n) is 3.73. The Morgan fingerprint density at radius 2 is 1.91 bits per heavy atom. The molecule has 2 rings (SSSR count). The minimum atomic E-state index is -0.0778. The van der Waals surface area contributed by atoms with Crippen molar-refractivity contribution in [2.45, 2.75) is 26.3 Å². The molecule has 3 nitrogen and oxygen atoms in total. The molecule has 5 heteroatoms. The van der Waals surface area contributed by atoms with Gasteiger partial charge in [-0.3, -0.25) is 4.79 Å². The van der Waals surface area contributed by atoms with Gasteiger partial charge in [-0.05, 0) is 48.7 Å². The Hall–Kier alpha value is -1.36. The van der Waals surface area contributed by atoms with Gasteiger partial charge in [0.1, 0.15) is 0 Å². The average molecular weight is 396 g/mol. The van der Waals surface area contributed by atoms with E-state index in [1.165, 1.54) is 5.56 Å². The number of nitrogens with one attached hydrogen (secondary N) is 2. The van der Waals surface area contributed by atoms with E-state index in [4.69, 9.17) is 11.6 Å². The van der Waals surface area contributed by atoms with Crippen molar-refractivity contribution in [2.75, 3.05) is 11.9 Å². The number of carbonyl (C=O) groups excluding carboxylic acids is 1. The highest BCUT2D eigenvalue weighted by atomic mass is 79.9. The van der Waals surface area contributed by atoms with Crippen molar-refractivity contribution in [2.24, 2.45) is 0 Å². The number of anilines is 1. The van der Waals surface area contributed by atoms with Crippen LogP contribution in [0, 0.1) is 6.92 Å². The number of rotatable bonds is 6. The molecule has 2 N–H and O–H groups in total. The second-order valence-corrected chi connectivity index (χ2v) is 6.68. The number of hydrogen-bond donors (Lipinski definition) is 2. The Balaban J connectivity index is 1.94. The molecule has 23 heavy (non-hydrogen) atoms. The van der Waals surface area contributed by atoms with Crippen molar-refractivity contribution >= 4 is 39.1 Å². The molecule has 0 aromatic heterocycles. The summed E-state index contributed by atoms with van der Waals surface area (Å²) in [6, 6.07) is 13.8. The van der Waals surface area contributed by atoms with Crippen LogP contribution >= 0.6 is 27.5 Å². The molecule has 0 saturated carbocycles. The lowest BCUT2D eigenvalue weighted by atomic mass is 10.0. The Morgan fingerprint density at radius 3 is 2.57 bits per heavy atom. The molecule has 0 saturated heterocycles. The molecule has 0 fully saturated rings. The molecular formula is C18H20BrClN2O. The topological polar surface area (TPSA) is 41.1 Å². The van der Waals surface area contributed by atoms with Gasteiger partial charge < -0.3 is 10.6 Å². The first-order chi connectivity index (χ1) is 11.0. The molecule has 0 spiro atoms. The Bertz CT molecular complexity index is 673. The van der Waals surface area contributed by atoms with Crippen molar-refractivity contribution in [3.8, 4) is 0 Å². The van der Waals surface area contributed by atoms with Crippen LogP contribution in [-0.4, -0.2) is 12.5 Å². The molecule has 0 heterocycles. The SMILES string of the molecule is CC[C@H](NCC(=O)Nc1cccc(Cl)c1C)c1ccc(Br)cc1. The first-order valence-corrected chi connectivity index (χ1v) is 8.72. The monoisotopic (exact) mass is 394 g/mol. The van der Waals surface area contributed by atoms with Gasteiger partial charge in [0.25, 0.3) is 0 Å². The number of halogens is 2. The molecule has 1 atom stereocenters. The molecule has 0 aliphatic rings. The van der Waals surface area contributed by atoms with Crippen molar-refractivity contribution in [3.63, 3.8) is 0 Å². The molecule has 2 aromatic rings. The zero-order valence-corrected chi connectivity index (χ0v) is 15.5. The first kappa shape index (κ1) is 18.0. The van der Waals surface area contributed by atoms with Gasteiger partial charge in [0, 0.05) is 21.2 Å². The number of carbonyl (C=O) groups is 1. The predicted molar refractivity (Wildman–Crippen MR) is 100.0 cm³/mol. The van der Waals surface area contributed by atoms with E-state index in [1.807, 2.05) is 37.3 Å². The molecule has 0 aliphatic carbocycles. The van der Waals surface area contributed by atoms with Crippen molar-refractivity contribution in [1.29, 1.82) is 0 Å². The van der Waals surface area contributed by atoms with Crippen LogP contribution in [0.25, 0.3) is 0 Å². The van der Waals surface area contributed by atoms with Crippen LogP contribution in [0.5, 0.6) is 0 Å². The van der Waals surface area contributed by atoms with Crippen LogP contribution < -0.4 is 10.6 Å². The van der Waals surface area contributed by atoms with Crippen molar-refractivity contribution in [3.05, 3.63) is 63.1 Å². The highest BCUT2D eigenvalue weighted by Gasteiger charge is 2.12. The highest BCUT2D eigenvalue weighted by Crippen LogP contribution is 2.23. The van der Waals surface area contributed by atoms with E-state index in [0.29, 0.717) is 5.02 Å². The lowest BCUT2D eigenvalue weighted by molar-refractivity contribution is -0.115. The second kappa shape index (κ2) is 8.48. The van der Waals surface area contributed by atoms with Crippen LogP contribution in [0.4, 0.5) is 5.69 Å². The summed E-state index contributed by atoms with van der Waals surface area (Å²) in [6.45, 7) is 4.24. The number of amides is 1. The maximum absolute atomic E-state index is 12.2. The van der Waals surface area contributed by atoms with Gasteiger partial charge in [-0.15, -0.1) is 0 Å². The average Bonchev–Trinajstić information content (AvgIpc) is 2.54. The summed E-state index contributed by atoms with van der Waals surface area (Å²) < 4.78 is 1.05. The van der Waals surface area contributed by atoms with E-state index in [2.05, 4.69) is 45.6 Å². The standard InChI is InChI=1S/C18H20BrClN2O/c1-3-16(13-7-9-14(19)10-8-13)21-11-18(23)22-17-6-4-5-15(20)12(17)2/h4-10,16,21H,3,11H2,1-2H3,(H,22,23)/t16-/m0/s1. The van der Waals surface area contributed by atoms with E-state index < -0.39 is 0 Å². The van der Waals surface area contributed by atoms with Crippen molar-refractivity contribution < 1.29 is 4.79 Å². The maximum Gasteiger partial charge on any atom is 0.238 e. The molecule has 1 amide bonds. The summed E-state index contributed by atoms with van der Waals surface area (Å²) >= 11 is 9.50. The fourth-order valence-electron chi connectivity index (χ4n) is 2.35. The van der Waals surface area contributed by atoms with Gasteiger partial charge in [0.05, 0.1) is 6.54 Å². The Kier molecular flexibility index (Phi) is 6.63.